The summed E-state index contributed by atoms with van der Waals surface area (Å²) in [6.45, 7) is 8.46. The summed E-state index contributed by atoms with van der Waals surface area (Å²) in [4.78, 5) is 5.40. The molecule has 21 heavy (non-hydrogen) atoms. The van der Waals surface area contributed by atoms with E-state index in [4.69, 9.17) is 0 Å². The van der Waals surface area contributed by atoms with Crippen LogP contribution in [0.3, 0.4) is 0 Å². The van der Waals surface area contributed by atoms with Crippen molar-refractivity contribution in [2.45, 2.75) is 51.4 Å². The van der Waals surface area contributed by atoms with Crippen LogP contribution in [0.2, 0.25) is 0 Å². The Morgan fingerprint density at radius 3 is 2.76 bits per heavy atom. The van der Waals surface area contributed by atoms with Crippen molar-refractivity contribution in [3.05, 3.63) is 34.9 Å². The molecule has 0 amide bonds. The molecule has 0 bridgehead atoms. The summed E-state index contributed by atoms with van der Waals surface area (Å²) in [5.41, 5.74) is 4.50. The summed E-state index contributed by atoms with van der Waals surface area (Å²) in [6, 6.07) is 7.90. The average Bonchev–Trinajstić information content (AvgIpc) is 3.17. The first-order chi connectivity index (χ1) is 10.4. The number of hydrogen-bond acceptors (Lipinski definition) is 3. The number of likely N-dealkylation sites (tertiary alicyclic amines) is 2. The smallest absolute Gasteiger partial charge is 0.0235 e. The molecular formula is C18H27N3. The van der Waals surface area contributed by atoms with Crippen LogP contribution in [0.15, 0.2) is 18.2 Å². The fourth-order valence-corrected chi connectivity index (χ4v) is 4.24. The van der Waals surface area contributed by atoms with Crippen LogP contribution in [-0.4, -0.2) is 42.0 Å². The van der Waals surface area contributed by atoms with E-state index in [-0.39, 0.29) is 0 Å². The number of nitrogens with one attached hydrogen (secondary N) is 1. The van der Waals surface area contributed by atoms with Gasteiger partial charge in [0.05, 0.1) is 0 Å². The summed E-state index contributed by atoms with van der Waals surface area (Å²) < 4.78 is 0. The van der Waals surface area contributed by atoms with Gasteiger partial charge in [0, 0.05) is 38.8 Å². The first kappa shape index (κ1) is 13.7. The fourth-order valence-electron chi connectivity index (χ4n) is 4.24. The van der Waals surface area contributed by atoms with E-state index in [9.17, 15) is 0 Å². The molecule has 2 saturated heterocycles. The second-order valence-corrected chi connectivity index (χ2v) is 6.98. The van der Waals surface area contributed by atoms with E-state index in [2.05, 4.69) is 33.3 Å². The largest absolute Gasteiger partial charge is 0.309 e. The molecule has 0 aliphatic carbocycles. The number of hydrogen-bond donors (Lipinski definition) is 1. The number of piperidine rings is 1. The topological polar surface area (TPSA) is 18.5 Å². The van der Waals surface area contributed by atoms with Crippen molar-refractivity contribution < 1.29 is 0 Å². The Morgan fingerprint density at radius 2 is 1.86 bits per heavy atom. The molecule has 1 unspecified atom stereocenters. The molecule has 1 aromatic rings. The molecule has 0 aromatic heterocycles. The molecule has 1 N–H and O–H groups in total. The Kier molecular flexibility index (Phi) is 3.97. The maximum atomic E-state index is 3.44. The zero-order valence-corrected chi connectivity index (χ0v) is 13.0. The highest BCUT2D eigenvalue weighted by Gasteiger charge is 2.28. The van der Waals surface area contributed by atoms with Crippen LogP contribution in [-0.2, 0) is 19.6 Å². The third-order valence-electron chi connectivity index (χ3n) is 5.46. The lowest BCUT2D eigenvalue weighted by molar-refractivity contribution is 0.161. The van der Waals surface area contributed by atoms with Gasteiger partial charge in [-0.25, -0.2) is 0 Å². The Hall–Kier alpha value is -0.900. The number of rotatable bonds is 3. The summed E-state index contributed by atoms with van der Waals surface area (Å²) in [7, 11) is 0. The zero-order valence-electron chi connectivity index (χ0n) is 13.0. The van der Waals surface area contributed by atoms with E-state index in [1.807, 2.05) is 0 Å². The van der Waals surface area contributed by atoms with E-state index >= 15 is 0 Å². The van der Waals surface area contributed by atoms with Gasteiger partial charge in [-0.1, -0.05) is 24.6 Å². The molecule has 3 aliphatic rings. The molecule has 0 saturated carbocycles. The quantitative estimate of drug-likeness (QED) is 0.920. The minimum atomic E-state index is 0.821. The monoisotopic (exact) mass is 285 g/mol. The number of nitrogens with zero attached hydrogens (tertiary/aromatic N) is 2. The second kappa shape index (κ2) is 6.07. The highest BCUT2D eigenvalue weighted by molar-refractivity contribution is 5.34. The van der Waals surface area contributed by atoms with Gasteiger partial charge in [0.1, 0.15) is 0 Å². The molecule has 3 aliphatic heterocycles. The van der Waals surface area contributed by atoms with Crippen molar-refractivity contribution in [2.75, 3.05) is 26.2 Å². The molecule has 1 aromatic carbocycles. The Morgan fingerprint density at radius 1 is 1.00 bits per heavy atom. The molecule has 3 heterocycles. The lowest BCUT2D eigenvalue weighted by Crippen LogP contribution is -2.40. The molecule has 0 spiro atoms. The van der Waals surface area contributed by atoms with Crippen LogP contribution in [0.25, 0.3) is 0 Å². The SMILES string of the molecule is c1cc2c(cc1CN1CCC(N3CCCCC3)C1)CNC2. The van der Waals surface area contributed by atoms with Crippen molar-refractivity contribution in [3.63, 3.8) is 0 Å². The maximum absolute atomic E-state index is 3.44. The van der Waals surface area contributed by atoms with E-state index in [1.54, 1.807) is 0 Å². The van der Waals surface area contributed by atoms with Gasteiger partial charge in [-0.2, -0.15) is 0 Å². The van der Waals surface area contributed by atoms with Crippen molar-refractivity contribution in [3.8, 4) is 0 Å². The average molecular weight is 285 g/mol. The van der Waals surface area contributed by atoms with Gasteiger partial charge in [0.2, 0.25) is 0 Å². The van der Waals surface area contributed by atoms with Crippen molar-refractivity contribution in [1.29, 1.82) is 0 Å². The lowest BCUT2D eigenvalue weighted by atomic mass is 10.1. The van der Waals surface area contributed by atoms with Crippen molar-refractivity contribution in [2.24, 2.45) is 0 Å². The molecule has 4 rings (SSSR count). The normalized spacial score (nSPS) is 27.1. The molecule has 0 radical (unpaired) electrons. The fraction of sp³-hybridized carbons (Fsp3) is 0.667. The summed E-state index contributed by atoms with van der Waals surface area (Å²) in [5.74, 6) is 0. The zero-order chi connectivity index (χ0) is 14.1. The first-order valence-electron chi connectivity index (χ1n) is 8.66. The minimum absolute atomic E-state index is 0.821. The van der Waals surface area contributed by atoms with Gasteiger partial charge < -0.3 is 5.32 Å². The van der Waals surface area contributed by atoms with E-state index in [1.165, 1.54) is 68.6 Å². The van der Waals surface area contributed by atoms with Gasteiger partial charge in [-0.05, 0) is 49.0 Å². The van der Waals surface area contributed by atoms with Gasteiger partial charge in [0.25, 0.3) is 0 Å². The molecule has 2 fully saturated rings. The summed E-state index contributed by atoms with van der Waals surface area (Å²) in [5, 5.41) is 3.44. The Balaban J connectivity index is 1.35. The van der Waals surface area contributed by atoms with Gasteiger partial charge in [-0.3, -0.25) is 9.80 Å². The van der Waals surface area contributed by atoms with Crippen LogP contribution >= 0.6 is 0 Å². The third-order valence-corrected chi connectivity index (χ3v) is 5.46. The predicted molar refractivity (Wildman–Crippen MR) is 86.1 cm³/mol. The predicted octanol–water partition coefficient (Wildman–Crippen LogP) is 2.35. The van der Waals surface area contributed by atoms with Crippen LogP contribution in [0.5, 0.6) is 0 Å². The van der Waals surface area contributed by atoms with Gasteiger partial charge >= 0.3 is 0 Å². The minimum Gasteiger partial charge on any atom is -0.309 e. The first-order valence-corrected chi connectivity index (χ1v) is 8.66. The maximum Gasteiger partial charge on any atom is 0.0235 e. The van der Waals surface area contributed by atoms with Gasteiger partial charge in [-0.15, -0.1) is 0 Å². The van der Waals surface area contributed by atoms with Crippen LogP contribution in [0.1, 0.15) is 42.4 Å². The lowest BCUT2D eigenvalue weighted by Gasteiger charge is -2.32. The molecular weight excluding hydrogens is 258 g/mol. The molecule has 114 valence electrons. The van der Waals surface area contributed by atoms with Crippen LogP contribution in [0, 0.1) is 0 Å². The highest BCUT2D eigenvalue weighted by atomic mass is 15.3. The second-order valence-electron chi connectivity index (χ2n) is 6.98. The van der Waals surface area contributed by atoms with Crippen LogP contribution < -0.4 is 5.32 Å². The van der Waals surface area contributed by atoms with E-state index in [0.717, 1.165) is 25.7 Å². The molecule has 1 atom stereocenters. The van der Waals surface area contributed by atoms with Gasteiger partial charge in [0.15, 0.2) is 0 Å². The van der Waals surface area contributed by atoms with Crippen LogP contribution in [0.4, 0.5) is 0 Å². The Labute approximate surface area is 128 Å². The van der Waals surface area contributed by atoms with E-state index < -0.39 is 0 Å². The standard InChI is InChI=1S/C18H27N3/c1-2-7-21(8-3-1)18-6-9-20(14-18)13-15-4-5-16-11-19-12-17(16)10-15/h4-5,10,18-19H,1-3,6-9,11-14H2. The molecule has 3 heteroatoms. The van der Waals surface area contributed by atoms with Crippen molar-refractivity contribution in [1.82, 2.24) is 15.1 Å². The summed E-state index contributed by atoms with van der Waals surface area (Å²) in [6.07, 6.45) is 5.63. The molecule has 3 nitrogen and oxygen atoms in total. The van der Waals surface area contributed by atoms with Crippen molar-refractivity contribution >= 4 is 0 Å². The third kappa shape index (κ3) is 3.01. The number of fused-ring (bicyclic) bond motifs is 1. The number of benzene rings is 1. The van der Waals surface area contributed by atoms with E-state index in [0.29, 0.717) is 0 Å². The summed E-state index contributed by atoms with van der Waals surface area (Å²) >= 11 is 0. The Bertz CT molecular complexity index is 493. The highest BCUT2D eigenvalue weighted by Crippen LogP contribution is 2.23.